The Labute approximate surface area is 104 Å². The van der Waals surface area contributed by atoms with Gasteiger partial charge in [0.05, 0.1) is 20.3 Å². The van der Waals surface area contributed by atoms with E-state index >= 15 is 0 Å². The van der Waals surface area contributed by atoms with E-state index in [2.05, 4.69) is 6.07 Å². The van der Waals surface area contributed by atoms with Gasteiger partial charge in [-0.15, -0.1) is 0 Å². The molecular formula is C13H11NO4. The predicted octanol–water partition coefficient (Wildman–Crippen LogP) is 1.21. The maximum absolute atomic E-state index is 11.9. The molecule has 0 aromatic heterocycles. The zero-order valence-corrected chi connectivity index (χ0v) is 9.91. The highest BCUT2D eigenvalue weighted by Gasteiger charge is 2.34. The second-order valence-corrected chi connectivity index (χ2v) is 4.17. The maximum atomic E-state index is 11.9. The van der Waals surface area contributed by atoms with E-state index < -0.39 is 5.97 Å². The Morgan fingerprint density at radius 2 is 1.89 bits per heavy atom. The number of ether oxygens (including phenoxy) is 3. The van der Waals surface area contributed by atoms with Gasteiger partial charge in [-0.05, 0) is 0 Å². The van der Waals surface area contributed by atoms with Crippen molar-refractivity contribution < 1.29 is 19.0 Å². The minimum absolute atomic E-state index is 0.427. The first-order valence-corrected chi connectivity index (χ1v) is 5.73. The third kappa shape index (κ3) is 1.29. The van der Waals surface area contributed by atoms with Gasteiger partial charge in [-0.3, -0.25) is 0 Å². The molecular weight excluding hydrogens is 234 g/mol. The minimum atomic E-state index is -0.431. The molecule has 0 N–H and O–H groups in total. The standard InChI is InChI=1S/C13H11NO4/c1-16-13(15)10-8-3-5-17-11(8)9(6-14)7-2-4-18-12(7)10/h2-5H2,1H3. The second-order valence-electron chi connectivity index (χ2n) is 4.17. The third-order valence-electron chi connectivity index (χ3n) is 3.30. The molecule has 0 spiro atoms. The van der Waals surface area contributed by atoms with Gasteiger partial charge in [-0.2, -0.15) is 5.26 Å². The first kappa shape index (κ1) is 10.9. The van der Waals surface area contributed by atoms with Crippen LogP contribution >= 0.6 is 0 Å². The van der Waals surface area contributed by atoms with E-state index in [1.165, 1.54) is 7.11 Å². The van der Waals surface area contributed by atoms with Gasteiger partial charge in [-0.25, -0.2) is 4.79 Å². The molecule has 1 aromatic rings. The summed E-state index contributed by atoms with van der Waals surface area (Å²) in [5.41, 5.74) is 2.43. The third-order valence-corrected chi connectivity index (χ3v) is 3.30. The molecule has 3 rings (SSSR count). The lowest BCUT2D eigenvalue weighted by atomic mass is 9.95. The summed E-state index contributed by atoms with van der Waals surface area (Å²) in [6, 6.07) is 2.15. The predicted molar refractivity (Wildman–Crippen MR) is 60.9 cm³/mol. The van der Waals surface area contributed by atoms with E-state index in [1.807, 2.05) is 0 Å². The summed E-state index contributed by atoms with van der Waals surface area (Å²) in [5, 5.41) is 9.25. The van der Waals surface area contributed by atoms with Gasteiger partial charge in [0.2, 0.25) is 0 Å². The number of hydrogen-bond acceptors (Lipinski definition) is 5. The number of fused-ring (bicyclic) bond motifs is 2. The average molecular weight is 245 g/mol. The summed E-state index contributed by atoms with van der Waals surface area (Å²) in [6.07, 6.45) is 1.23. The molecule has 5 heteroatoms. The molecule has 0 radical (unpaired) electrons. The molecule has 0 saturated heterocycles. The molecule has 0 bridgehead atoms. The summed E-state index contributed by atoms with van der Waals surface area (Å²) < 4.78 is 15.8. The topological polar surface area (TPSA) is 68.6 Å². The van der Waals surface area contributed by atoms with Gasteiger partial charge in [0.25, 0.3) is 0 Å². The monoisotopic (exact) mass is 245 g/mol. The Morgan fingerprint density at radius 1 is 1.22 bits per heavy atom. The summed E-state index contributed by atoms with van der Waals surface area (Å²) in [7, 11) is 1.34. The van der Waals surface area contributed by atoms with Crippen LogP contribution in [0.15, 0.2) is 0 Å². The van der Waals surface area contributed by atoms with Crippen LogP contribution in [0, 0.1) is 11.3 Å². The van der Waals surface area contributed by atoms with Crippen molar-refractivity contribution in [3.8, 4) is 17.6 Å². The van der Waals surface area contributed by atoms with Gasteiger partial charge in [0, 0.05) is 24.0 Å². The van der Waals surface area contributed by atoms with Crippen LogP contribution in [-0.4, -0.2) is 26.3 Å². The van der Waals surface area contributed by atoms with Gasteiger partial charge in [0.1, 0.15) is 28.7 Å². The average Bonchev–Trinajstić information content (AvgIpc) is 3.02. The highest BCUT2D eigenvalue weighted by molar-refractivity contribution is 5.97. The molecule has 0 saturated carbocycles. The van der Waals surface area contributed by atoms with Crippen molar-refractivity contribution in [3.63, 3.8) is 0 Å². The normalized spacial score (nSPS) is 15.1. The Balaban J connectivity index is 2.34. The lowest BCUT2D eigenvalue weighted by Gasteiger charge is -2.12. The molecule has 2 heterocycles. The largest absolute Gasteiger partial charge is 0.492 e. The minimum Gasteiger partial charge on any atom is -0.492 e. The number of carbonyl (C=O) groups is 1. The second kappa shape index (κ2) is 3.91. The van der Waals surface area contributed by atoms with E-state index in [-0.39, 0.29) is 0 Å². The molecule has 0 amide bonds. The number of methoxy groups -OCH3 is 1. The number of hydrogen-bond donors (Lipinski definition) is 0. The Hall–Kier alpha value is -2.22. The first-order chi connectivity index (χ1) is 8.77. The zero-order valence-electron chi connectivity index (χ0n) is 9.91. The molecule has 1 aromatic carbocycles. The zero-order chi connectivity index (χ0) is 12.7. The van der Waals surface area contributed by atoms with Gasteiger partial charge in [0.15, 0.2) is 0 Å². The van der Waals surface area contributed by atoms with Crippen molar-refractivity contribution in [1.29, 1.82) is 5.26 Å². The van der Waals surface area contributed by atoms with Crippen LogP contribution in [-0.2, 0) is 17.6 Å². The van der Waals surface area contributed by atoms with Crippen LogP contribution in [0.2, 0.25) is 0 Å². The van der Waals surface area contributed by atoms with E-state index in [4.69, 9.17) is 14.2 Å². The summed E-state index contributed by atoms with van der Waals surface area (Å²) in [5.74, 6) is 0.601. The van der Waals surface area contributed by atoms with Crippen molar-refractivity contribution in [2.75, 3.05) is 20.3 Å². The Morgan fingerprint density at radius 3 is 2.56 bits per heavy atom. The smallest absolute Gasteiger partial charge is 0.342 e. The summed E-state index contributed by atoms with van der Waals surface area (Å²) >= 11 is 0. The van der Waals surface area contributed by atoms with Crippen LogP contribution in [0.5, 0.6) is 11.5 Å². The molecule has 5 nitrogen and oxygen atoms in total. The quantitative estimate of drug-likeness (QED) is 0.696. The van der Waals surface area contributed by atoms with Crippen molar-refractivity contribution >= 4 is 5.97 Å². The van der Waals surface area contributed by atoms with E-state index in [0.29, 0.717) is 48.7 Å². The highest BCUT2D eigenvalue weighted by Crippen LogP contribution is 2.44. The number of esters is 1. The van der Waals surface area contributed by atoms with Crippen molar-refractivity contribution in [2.45, 2.75) is 12.8 Å². The molecule has 18 heavy (non-hydrogen) atoms. The molecule has 0 unspecified atom stereocenters. The Bertz CT molecular complexity index is 551. The summed E-state index contributed by atoms with van der Waals surface area (Å²) in [6.45, 7) is 0.966. The Kier molecular flexibility index (Phi) is 2.37. The molecule has 2 aliphatic rings. The number of nitrogens with zero attached hydrogens (tertiary/aromatic N) is 1. The van der Waals surface area contributed by atoms with E-state index in [0.717, 1.165) is 11.1 Å². The number of nitriles is 1. The molecule has 0 fully saturated rings. The fourth-order valence-electron chi connectivity index (χ4n) is 2.55. The van der Waals surface area contributed by atoms with E-state index in [9.17, 15) is 10.1 Å². The fraction of sp³-hybridized carbons (Fsp3) is 0.385. The molecule has 0 aliphatic carbocycles. The highest BCUT2D eigenvalue weighted by atomic mass is 16.5. The number of benzene rings is 1. The van der Waals surface area contributed by atoms with Gasteiger partial charge in [-0.1, -0.05) is 0 Å². The number of rotatable bonds is 1. The number of carbonyl (C=O) groups excluding carboxylic acids is 1. The van der Waals surface area contributed by atoms with Crippen LogP contribution in [0.4, 0.5) is 0 Å². The van der Waals surface area contributed by atoms with Crippen LogP contribution in [0.25, 0.3) is 0 Å². The lowest BCUT2D eigenvalue weighted by Crippen LogP contribution is -2.08. The van der Waals surface area contributed by atoms with Gasteiger partial charge < -0.3 is 14.2 Å². The molecule has 2 aliphatic heterocycles. The summed E-state index contributed by atoms with van der Waals surface area (Å²) in [4.78, 5) is 11.9. The lowest BCUT2D eigenvalue weighted by molar-refractivity contribution is 0.0596. The molecule has 92 valence electrons. The SMILES string of the molecule is COC(=O)c1c2c(c(C#N)c3c1OCC3)OCC2. The van der Waals surface area contributed by atoms with Crippen molar-refractivity contribution in [3.05, 3.63) is 22.3 Å². The fourth-order valence-corrected chi connectivity index (χ4v) is 2.55. The van der Waals surface area contributed by atoms with Crippen molar-refractivity contribution in [1.82, 2.24) is 0 Å². The first-order valence-electron chi connectivity index (χ1n) is 5.73. The van der Waals surface area contributed by atoms with Crippen LogP contribution in [0.1, 0.15) is 27.0 Å². The molecule has 0 atom stereocenters. The van der Waals surface area contributed by atoms with Crippen molar-refractivity contribution in [2.24, 2.45) is 0 Å². The van der Waals surface area contributed by atoms with E-state index in [1.54, 1.807) is 0 Å². The van der Waals surface area contributed by atoms with Gasteiger partial charge >= 0.3 is 5.97 Å². The maximum Gasteiger partial charge on any atom is 0.342 e. The van der Waals surface area contributed by atoms with Crippen LogP contribution < -0.4 is 9.47 Å². The van der Waals surface area contributed by atoms with Crippen LogP contribution in [0.3, 0.4) is 0 Å².